The highest BCUT2D eigenvalue weighted by Gasteiger charge is 2.65. The Hall–Kier alpha value is -1.10. The van der Waals surface area contributed by atoms with E-state index in [2.05, 4.69) is 5.32 Å². The smallest absolute Gasteiger partial charge is 0.307 e. The predicted molar refractivity (Wildman–Crippen MR) is 46.2 cm³/mol. The normalized spacial score (nSPS) is 46.1. The Balaban J connectivity index is 2.43. The van der Waals surface area contributed by atoms with Gasteiger partial charge in [0.2, 0.25) is 5.91 Å². The summed E-state index contributed by atoms with van der Waals surface area (Å²) < 4.78 is 5.17. The topological polar surface area (TPSA) is 75.6 Å². The second kappa shape index (κ2) is 2.48. The van der Waals surface area contributed by atoms with Crippen LogP contribution in [-0.2, 0) is 14.3 Å². The molecule has 0 radical (unpaired) electrons. The van der Waals surface area contributed by atoms with E-state index in [1.165, 1.54) is 0 Å². The summed E-state index contributed by atoms with van der Waals surface area (Å²) in [5.41, 5.74) is -1.77. The minimum absolute atomic E-state index is 0.109. The van der Waals surface area contributed by atoms with Crippen molar-refractivity contribution in [2.24, 2.45) is 5.92 Å². The zero-order valence-corrected chi connectivity index (χ0v) is 8.16. The van der Waals surface area contributed by atoms with Gasteiger partial charge in [0.15, 0.2) is 0 Å². The molecule has 2 heterocycles. The number of hydrogen-bond acceptors (Lipinski definition) is 4. The van der Waals surface area contributed by atoms with Crippen molar-refractivity contribution in [1.82, 2.24) is 5.32 Å². The molecule has 0 aromatic heterocycles. The average molecular weight is 199 g/mol. The van der Waals surface area contributed by atoms with Crippen molar-refractivity contribution in [2.75, 3.05) is 6.61 Å². The standard InChI is InChI=1S/C9H13NO4/c1-8(4-11)9(2)5(7(13)10-8)3-6(12)14-9/h5,11H,3-4H2,1-2H3,(H,10,13). The fraction of sp³-hybridized carbons (Fsp3) is 0.778. The maximum absolute atomic E-state index is 11.5. The van der Waals surface area contributed by atoms with E-state index in [1.54, 1.807) is 13.8 Å². The number of carbonyl (C=O) groups excluding carboxylic acids is 2. The molecule has 3 unspecified atom stereocenters. The molecule has 0 spiro atoms. The maximum Gasteiger partial charge on any atom is 0.307 e. The Morgan fingerprint density at radius 2 is 2.21 bits per heavy atom. The number of rotatable bonds is 1. The monoisotopic (exact) mass is 199 g/mol. The van der Waals surface area contributed by atoms with E-state index >= 15 is 0 Å². The van der Waals surface area contributed by atoms with Crippen LogP contribution in [-0.4, -0.2) is 34.7 Å². The minimum atomic E-state index is -0.907. The molecule has 3 atom stereocenters. The van der Waals surface area contributed by atoms with Gasteiger partial charge in [-0.3, -0.25) is 9.59 Å². The summed E-state index contributed by atoms with van der Waals surface area (Å²) in [7, 11) is 0. The van der Waals surface area contributed by atoms with Crippen molar-refractivity contribution in [3.8, 4) is 0 Å². The van der Waals surface area contributed by atoms with Gasteiger partial charge in [-0.15, -0.1) is 0 Å². The summed E-state index contributed by atoms with van der Waals surface area (Å²) in [5, 5.41) is 11.9. The van der Waals surface area contributed by atoms with Crippen molar-refractivity contribution in [1.29, 1.82) is 0 Å². The van der Waals surface area contributed by atoms with Gasteiger partial charge < -0.3 is 15.2 Å². The molecule has 0 aromatic carbocycles. The fourth-order valence-corrected chi connectivity index (χ4v) is 2.23. The molecule has 2 rings (SSSR count). The van der Waals surface area contributed by atoms with Gasteiger partial charge in [-0.1, -0.05) is 0 Å². The zero-order chi connectivity index (χ0) is 10.6. The van der Waals surface area contributed by atoms with E-state index in [9.17, 15) is 14.7 Å². The van der Waals surface area contributed by atoms with E-state index in [1.807, 2.05) is 0 Å². The Morgan fingerprint density at radius 1 is 1.57 bits per heavy atom. The van der Waals surface area contributed by atoms with Crippen molar-refractivity contribution in [3.05, 3.63) is 0 Å². The van der Waals surface area contributed by atoms with Crippen LogP contribution in [0.5, 0.6) is 0 Å². The highest BCUT2D eigenvalue weighted by atomic mass is 16.6. The molecule has 2 aliphatic rings. The summed E-state index contributed by atoms with van der Waals surface area (Å²) in [4.78, 5) is 22.7. The molecule has 2 fully saturated rings. The molecule has 5 nitrogen and oxygen atoms in total. The molecular weight excluding hydrogens is 186 g/mol. The highest BCUT2D eigenvalue weighted by molar-refractivity contribution is 5.91. The number of ether oxygens (including phenoxy) is 1. The first-order chi connectivity index (χ1) is 6.43. The highest BCUT2D eigenvalue weighted by Crippen LogP contribution is 2.45. The minimum Gasteiger partial charge on any atom is -0.456 e. The molecule has 2 aliphatic heterocycles. The number of aliphatic hydroxyl groups is 1. The maximum atomic E-state index is 11.5. The molecule has 0 bridgehead atoms. The first-order valence-corrected chi connectivity index (χ1v) is 4.58. The van der Waals surface area contributed by atoms with E-state index in [0.29, 0.717) is 0 Å². The molecule has 78 valence electrons. The third-order valence-electron chi connectivity index (χ3n) is 3.49. The van der Waals surface area contributed by atoms with Crippen molar-refractivity contribution in [3.63, 3.8) is 0 Å². The Bertz CT molecular complexity index is 316. The Kier molecular flexibility index (Phi) is 1.67. The number of fused-ring (bicyclic) bond motifs is 1. The van der Waals surface area contributed by atoms with E-state index in [0.717, 1.165) is 0 Å². The Labute approximate surface area is 81.4 Å². The quantitative estimate of drug-likeness (QED) is 0.541. The van der Waals surface area contributed by atoms with Gasteiger partial charge in [0.25, 0.3) is 0 Å². The first-order valence-electron chi connectivity index (χ1n) is 4.58. The van der Waals surface area contributed by atoms with Gasteiger partial charge in [0, 0.05) is 0 Å². The van der Waals surface area contributed by atoms with Crippen LogP contribution in [0.2, 0.25) is 0 Å². The summed E-state index contributed by atoms with van der Waals surface area (Å²) in [6.45, 7) is 3.14. The number of aliphatic hydroxyl groups excluding tert-OH is 1. The lowest BCUT2D eigenvalue weighted by Gasteiger charge is -2.36. The molecule has 1 amide bonds. The SMILES string of the molecule is CC1(CO)NC(=O)C2CC(=O)OC21C. The molecule has 0 saturated carbocycles. The van der Waals surface area contributed by atoms with Gasteiger partial charge in [0.1, 0.15) is 11.1 Å². The molecule has 5 heteroatoms. The second-order valence-corrected chi connectivity index (χ2v) is 4.32. The summed E-state index contributed by atoms with van der Waals surface area (Å²) in [6.07, 6.45) is 0.109. The number of hydrogen-bond donors (Lipinski definition) is 2. The fourth-order valence-electron chi connectivity index (χ4n) is 2.23. The van der Waals surface area contributed by atoms with Gasteiger partial charge >= 0.3 is 5.97 Å². The van der Waals surface area contributed by atoms with Gasteiger partial charge in [-0.05, 0) is 13.8 Å². The van der Waals surface area contributed by atoms with Gasteiger partial charge in [-0.25, -0.2) is 0 Å². The van der Waals surface area contributed by atoms with Crippen LogP contribution in [0.3, 0.4) is 0 Å². The number of nitrogens with one attached hydrogen (secondary N) is 1. The lowest BCUT2D eigenvalue weighted by molar-refractivity contribution is -0.153. The lowest BCUT2D eigenvalue weighted by atomic mass is 9.79. The van der Waals surface area contributed by atoms with Crippen LogP contribution in [0.1, 0.15) is 20.3 Å². The average Bonchev–Trinajstić information content (AvgIpc) is 2.49. The van der Waals surface area contributed by atoms with E-state index in [-0.39, 0.29) is 24.9 Å². The largest absolute Gasteiger partial charge is 0.456 e. The van der Waals surface area contributed by atoms with Crippen LogP contribution in [0.4, 0.5) is 0 Å². The van der Waals surface area contributed by atoms with Gasteiger partial charge in [-0.2, -0.15) is 0 Å². The van der Waals surface area contributed by atoms with Crippen LogP contribution >= 0.6 is 0 Å². The lowest BCUT2D eigenvalue weighted by Crippen LogP contribution is -2.57. The van der Waals surface area contributed by atoms with Crippen molar-refractivity contribution in [2.45, 2.75) is 31.4 Å². The number of carbonyl (C=O) groups is 2. The Morgan fingerprint density at radius 3 is 2.79 bits per heavy atom. The van der Waals surface area contributed by atoms with Crippen LogP contribution < -0.4 is 5.32 Å². The van der Waals surface area contributed by atoms with Gasteiger partial charge in [0.05, 0.1) is 18.9 Å². The predicted octanol–water partition coefficient (Wildman–Crippen LogP) is -0.811. The second-order valence-electron chi connectivity index (χ2n) is 4.32. The number of amides is 1. The number of esters is 1. The zero-order valence-electron chi connectivity index (χ0n) is 8.16. The van der Waals surface area contributed by atoms with E-state index in [4.69, 9.17) is 4.74 Å². The molecular formula is C9H13NO4. The third-order valence-corrected chi connectivity index (χ3v) is 3.49. The molecule has 14 heavy (non-hydrogen) atoms. The summed E-state index contributed by atoms with van der Waals surface area (Å²) >= 11 is 0. The van der Waals surface area contributed by atoms with Crippen LogP contribution in [0, 0.1) is 5.92 Å². The first kappa shape index (κ1) is 9.45. The summed E-state index contributed by atoms with van der Waals surface area (Å²) in [6, 6.07) is 0. The molecule has 2 N–H and O–H groups in total. The third kappa shape index (κ3) is 0.877. The molecule has 0 aliphatic carbocycles. The van der Waals surface area contributed by atoms with Crippen LogP contribution in [0.15, 0.2) is 0 Å². The summed E-state index contributed by atoms with van der Waals surface area (Å²) in [5.74, 6) is -1.05. The van der Waals surface area contributed by atoms with Crippen LogP contribution in [0.25, 0.3) is 0 Å². The van der Waals surface area contributed by atoms with Crippen molar-refractivity contribution < 1.29 is 19.4 Å². The molecule has 2 saturated heterocycles. The molecule has 0 aromatic rings. The van der Waals surface area contributed by atoms with E-state index < -0.39 is 17.1 Å². The van der Waals surface area contributed by atoms with Crippen molar-refractivity contribution >= 4 is 11.9 Å².